The summed E-state index contributed by atoms with van der Waals surface area (Å²) in [5.74, 6) is -0.171. The third-order valence-corrected chi connectivity index (χ3v) is 4.92. The molecule has 0 unspecified atom stereocenters. The molecule has 0 atom stereocenters. The third-order valence-electron chi connectivity index (χ3n) is 4.92. The van der Waals surface area contributed by atoms with E-state index in [0.29, 0.717) is 28.3 Å². The molecule has 1 aliphatic heterocycles. The third kappa shape index (κ3) is 3.67. The highest BCUT2D eigenvalue weighted by Gasteiger charge is 2.39. The molecule has 0 saturated heterocycles. The van der Waals surface area contributed by atoms with Crippen molar-refractivity contribution in [3.8, 4) is 5.75 Å². The second-order valence-corrected chi connectivity index (χ2v) is 6.96. The Morgan fingerprint density at radius 2 is 1.67 bits per heavy atom. The number of nitrogens with zero attached hydrogens (tertiary/aromatic N) is 2. The van der Waals surface area contributed by atoms with Crippen LogP contribution in [-0.2, 0) is 16.1 Å². The molecule has 2 amide bonds. The number of methoxy groups -OCH3 is 1. The SMILES string of the molecule is COc1ccccc1NC1=C(c2ccc(C)cc2)C(=O)N(Cc2ccccn2)C1=O. The molecule has 0 saturated carbocycles. The Labute approximate surface area is 174 Å². The fourth-order valence-corrected chi connectivity index (χ4v) is 3.36. The van der Waals surface area contributed by atoms with Gasteiger partial charge in [0.15, 0.2) is 0 Å². The minimum atomic E-state index is -0.396. The van der Waals surface area contributed by atoms with Crippen molar-refractivity contribution in [1.82, 2.24) is 9.88 Å². The zero-order chi connectivity index (χ0) is 21.1. The van der Waals surface area contributed by atoms with Gasteiger partial charge in [0.1, 0.15) is 11.4 Å². The van der Waals surface area contributed by atoms with Crippen LogP contribution in [0.1, 0.15) is 16.8 Å². The van der Waals surface area contributed by atoms with Gasteiger partial charge in [0.05, 0.1) is 30.6 Å². The number of benzene rings is 2. The number of aryl methyl sites for hydroxylation is 1. The lowest BCUT2D eigenvalue weighted by Crippen LogP contribution is -2.32. The van der Waals surface area contributed by atoms with Crippen LogP contribution in [-0.4, -0.2) is 28.8 Å². The van der Waals surface area contributed by atoms with Crippen LogP contribution in [0.3, 0.4) is 0 Å². The van der Waals surface area contributed by atoms with Crippen LogP contribution in [0.4, 0.5) is 5.69 Å². The van der Waals surface area contributed by atoms with E-state index in [1.54, 1.807) is 37.6 Å². The van der Waals surface area contributed by atoms with Gasteiger partial charge in [0.2, 0.25) is 0 Å². The standard InChI is InChI=1S/C24H21N3O3/c1-16-10-12-17(13-11-16)21-22(26-19-8-3-4-9-20(19)30-2)24(29)27(23(21)28)15-18-7-5-6-14-25-18/h3-14,26H,15H2,1-2H3. The molecular weight excluding hydrogens is 378 g/mol. The topological polar surface area (TPSA) is 71.5 Å². The number of carbonyl (C=O) groups is 2. The van der Waals surface area contributed by atoms with E-state index in [1.807, 2.05) is 49.4 Å². The monoisotopic (exact) mass is 399 g/mol. The van der Waals surface area contributed by atoms with Crippen LogP contribution in [0.15, 0.2) is 78.6 Å². The second kappa shape index (κ2) is 8.21. The summed E-state index contributed by atoms with van der Waals surface area (Å²) in [6.45, 7) is 2.08. The quantitative estimate of drug-likeness (QED) is 0.639. The van der Waals surface area contributed by atoms with Crippen LogP contribution in [0.5, 0.6) is 5.75 Å². The van der Waals surface area contributed by atoms with Crippen molar-refractivity contribution < 1.29 is 14.3 Å². The minimum absolute atomic E-state index is 0.102. The lowest BCUT2D eigenvalue weighted by atomic mass is 10.0. The maximum absolute atomic E-state index is 13.3. The summed E-state index contributed by atoms with van der Waals surface area (Å²) in [5, 5.41) is 3.14. The van der Waals surface area contributed by atoms with E-state index in [-0.39, 0.29) is 18.1 Å². The summed E-state index contributed by atoms with van der Waals surface area (Å²) in [6.07, 6.45) is 1.64. The number of pyridine rings is 1. The number of para-hydroxylation sites is 2. The Kier molecular flexibility index (Phi) is 5.30. The van der Waals surface area contributed by atoms with E-state index < -0.39 is 5.91 Å². The number of ether oxygens (including phenoxy) is 1. The van der Waals surface area contributed by atoms with Gasteiger partial charge >= 0.3 is 0 Å². The highest BCUT2D eigenvalue weighted by molar-refractivity contribution is 6.36. The van der Waals surface area contributed by atoms with Crippen LogP contribution >= 0.6 is 0 Å². The number of anilines is 1. The number of imide groups is 1. The van der Waals surface area contributed by atoms with Crippen LogP contribution in [0.2, 0.25) is 0 Å². The van der Waals surface area contributed by atoms with Gasteiger partial charge in [0, 0.05) is 6.20 Å². The molecule has 30 heavy (non-hydrogen) atoms. The summed E-state index contributed by atoms with van der Waals surface area (Å²) in [7, 11) is 1.56. The largest absolute Gasteiger partial charge is 0.495 e. The van der Waals surface area contributed by atoms with Crippen LogP contribution in [0, 0.1) is 6.92 Å². The van der Waals surface area contributed by atoms with Crippen LogP contribution < -0.4 is 10.1 Å². The Hall–Kier alpha value is -3.93. The number of nitrogens with one attached hydrogen (secondary N) is 1. The average Bonchev–Trinajstić information content (AvgIpc) is 3.00. The summed E-state index contributed by atoms with van der Waals surface area (Å²) in [4.78, 5) is 32.1. The summed E-state index contributed by atoms with van der Waals surface area (Å²) >= 11 is 0. The van der Waals surface area contributed by atoms with Gasteiger partial charge in [-0.1, -0.05) is 48.0 Å². The first-order chi connectivity index (χ1) is 14.6. The first-order valence-electron chi connectivity index (χ1n) is 9.56. The molecule has 0 bridgehead atoms. The molecule has 0 radical (unpaired) electrons. The number of amides is 2. The van der Waals surface area contributed by atoms with Gasteiger partial charge in [-0.05, 0) is 36.8 Å². The molecular formula is C24H21N3O3. The maximum atomic E-state index is 13.3. The molecule has 1 aromatic heterocycles. The Morgan fingerprint density at radius 1 is 0.933 bits per heavy atom. The van der Waals surface area contributed by atoms with E-state index in [1.165, 1.54) is 4.90 Å². The predicted octanol–water partition coefficient (Wildman–Crippen LogP) is 3.79. The van der Waals surface area contributed by atoms with Gasteiger partial charge in [-0.15, -0.1) is 0 Å². The zero-order valence-electron chi connectivity index (χ0n) is 16.8. The van der Waals surface area contributed by atoms with E-state index in [2.05, 4.69) is 10.3 Å². The van der Waals surface area contributed by atoms with Gasteiger partial charge in [-0.2, -0.15) is 0 Å². The summed E-state index contributed by atoms with van der Waals surface area (Å²) < 4.78 is 5.39. The average molecular weight is 399 g/mol. The smallest absolute Gasteiger partial charge is 0.278 e. The Bertz CT molecular complexity index is 1120. The predicted molar refractivity (Wildman–Crippen MR) is 115 cm³/mol. The van der Waals surface area contributed by atoms with Gasteiger partial charge < -0.3 is 10.1 Å². The van der Waals surface area contributed by atoms with Crippen molar-refractivity contribution in [3.05, 3.63) is 95.4 Å². The summed E-state index contributed by atoms with van der Waals surface area (Å²) in [6, 6.07) is 20.2. The lowest BCUT2D eigenvalue weighted by Gasteiger charge is -2.15. The maximum Gasteiger partial charge on any atom is 0.278 e. The lowest BCUT2D eigenvalue weighted by molar-refractivity contribution is -0.137. The first kappa shape index (κ1) is 19.4. The molecule has 0 aliphatic carbocycles. The van der Waals surface area contributed by atoms with E-state index in [9.17, 15) is 9.59 Å². The number of aromatic nitrogens is 1. The fourth-order valence-electron chi connectivity index (χ4n) is 3.36. The van der Waals surface area contributed by atoms with Crippen molar-refractivity contribution >= 4 is 23.1 Å². The molecule has 1 aliphatic rings. The molecule has 1 N–H and O–H groups in total. The molecule has 2 heterocycles. The molecule has 0 fully saturated rings. The molecule has 6 nitrogen and oxygen atoms in total. The van der Waals surface area contributed by atoms with Gasteiger partial charge in [0.25, 0.3) is 11.8 Å². The normalized spacial score (nSPS) is 13.7. The molecule has 0 spiro atoms. The van der Waals surface area contributed by atoms with E-state index in [4.69, 9.17) is 4.74 Å². The number of hydrogen-bond donors (Lipinski definition) is 1. The van der Waals surface area contributed by atoms with Crippen molar-refractivity contribution in [1.29, 1.82) is 0 Å². The van der Waals surface area contributed by atoms with Crippen molar-refractivity contribution in [2.75, 3.05) is 12.4 Å². The fraction of sp³-hybridized carbons (Fsp3) is 0.125. The number of hydrogen-bond acceptors (Lipinski definition) is 5. The van der Waals surface area contributed by atoms with Crippen molar-refractivity contribution in [2.24, 2.45) is 0 Å². The highest BCUT2D eigenvalue weighted by Crippen LogP contribution is 2.33. The Morgan fingerprint density at radius 3 is 2.37 bits per heavy atom. The Balaban J connectivity index is 1.77. The zero-order valence-corrected chi connectivity index (χ0v) is 16.8. The van der Waals surface area contributed by atoms with Gasteiger partial charge in [-0.25, -0.2) is 0 Å². The first-order valence-corrected chi connectivity index (χ1v) is 9.56. The highest BCUT2D eigenvalue weighted by atomic mass is 16.5. The summed E-state index contributed by atoms with van der Waals surface area (Å²) in [5.41, 5.74) is 3.56. The van der Waals surface area contributed by atoms with Gasteiger partial charge in [-0.3, -0.25) is 19.5 Å². The van der Waals surface area contributed by atoms with Crippen molar-refractivity contribution in [2.45, 2.75) is 13.5 Å². The van der Waals surface area contributed by atoms with E-state index in [0.717, 1.165) is 5.56 Å². The molecule has 150 valence electrons. The number of carbonyl (C=O) groups excluding carboxylic acids is 2. The number of rotatable bonds is 6. The van der Waals surface area contributed by atoms with Crippen molar-refractivity contribution in [3.63, 3.8) is 0 Å². The molecule has 3 aromatic rings. The molecule has 6 heteroatoms. The molecule has 2 aromatic carbocycles. The minimum Gasteiger partial charge on any atom is -0.495 e. The molecule has 4 rings (SSSR count). The van der Waals surface area contributed by atoms with Crippen LogP contribution in [0.25, 0.3) is 5.57 Å². The van der Waals surface area contributed by atoms with E-state index >= 15 is 0 Å². The second-order valence-electron chi connectivity index (χ2n) is 6.96.